The second-order valence-electron chi connectivity index (χ2n) is 5.11. The minimum Gasteiger partial charge on any atom is -0.481 e. The molecule has 1 N–H and O–H groups in total. The van der Waals surface area contributed by atoms with Gasteiger partial charge in [0.15, 0.2) is 5.41 Å². The Labute approximate surface area is 137 Å². The molecule has 1 heterocycles. The topological polar surface area (TPSA) is 57.6 Å². The fourth-order valence-corrected chi connectivity index (χ4v) is 2.83. The lowest BCUT2D eigenvalue weighted by atomic mass is 9.86. The fourth-order valence-electron chi connectivity index (χ4n) is 2.37. The Kier molecular flexibility index (Phi) is 4.51. The minimum atomic E-state index is -5.02. The molecule has 0 radical (unpaired) electrons. The second kappa shape index (κ2) is 5.83. The van der Waals surface area contributed by atoms with Crippen LogP contribution in [0.5, 0.6) is 0 Å². The molecule has 1 atom stereocenters. The normalized spacial score (nSPS) is 21.6. The van der Waals surface area contributed by atoms with E-state index in [1.165, 1.54) is 0 Å². The van der Waals surface area contributed by atoms with Crippen LogP contribution in [0, 0.1) is 11.2 Å². The van der Waals surface area contributed by atoms with Crippen molar-refractivity contribution in [3.63, 3.8) is 0 Å². The molecule has 2 rings (SSSR count). The van der Waals surface area contributed by atoms with Crippen molar-refractivity contribution in [3.8, 4) is 0 Å². The summed E-state index contributed by atoms with van der Waals surface area (Å²) < 4.78 is 52.7. The molecule has 1 saturated heterocycles. The summed E-state index contributed by atoms with van der Waals surface area (Å²) in [6.45, 7) is -1.50. The molecule has 10 heteroatoms. The van der Waals surface area contributed by atoms with Crippen LogP contribution in [0.1, 0.15) is 16.8 Å². The van der Waals surface area contributed by atoms with Crippen LogP contribution >= 0.6 is 23.2 Å². The van der Waals surface area contributed by atoms with Crippen LogP contribution in [0.25, 0.3) is 0 Å². The number of carboxylic acid groups (broad SMARTS) is 1. The smallest absolute Gasteiger partial charge is 0.406 e. The molecular weight excluding hydrogens is 365 g/mol. The molecule has 126 valence electrons. The third kappa shape index (κ3) is 2.97. The number of aliphatic carboxylic acids is 1. The van der Waals surface area contributed by atoms with Gasteiger partial charge in [-0.3, -0.25) is 9.59 Å². The predicted octanol–water partition coefficient (Wildman–Crippen LogP) is 3.61. The zero-order valence-electron chi connectivity index (χ0n) is 11.3. The first-order valence-corrected chi connectivity index (χ1v) is 6.99. The van der Waals surface area contributed by atoms with Crippen LogP contribution < -0.4 is 0 Å². The Bertz CT molecular complexity index is 680. The lowest BCUT2D eigenvalue weighted by Gasteiger charge is -2.27. The highest BCUT2D eigenvalue weighted by atomic mass is 35.5. The molecule has 0 saturated carbocycles. The van der Waals surface area contributed by atoms with E-state index in [-0.39, 0.29) is 15.6 Å². The van der Waals surface area contributed by atoms with Gasteiger partial charge in [-0.1, -0.05) is 23.2 Å². The van der Waals surface area contributed by atoms with Crippen molar-refractivity contribution in [2.75, 3.05) is 13.1 Å². The summed E-state index contributed by atoms with van der Waals surface area (Å²) >= 11 is 11.2. The first-order chi connectivity index (χ1) is 10.5. The fraction of sp³-hybridized carbons (Fsp3) is 0.385. The number of likely N-dealkylation sites (tertiary alicyclic amines) is 1. The molecule has 0 aliphatic carbocycles. The van der Waals surface area contributed by atoms with E-state index in [0.29, 0.717) is 11.0 Å². The summed E-state index contributed by atoms with van der Waals surface area (Å²) in [7, 11) is 0. The van der Waals surface area contributed by atoms with Gasteiger partial charge in [-0.25, -0.2) is 4.39 Å². The van der Waals surface area contributed by atoms with Crippen molar-refractivity contribution in [2.24, 2.45) is 5.41 Å². The zero-order chi connectivity index (χ0) is 17.6. The van der Waals surface area contributed by atoms with E-state index >= 15 is 0 Å². The van der Waals surface area contributed by atoms with Crippen LogP contribution in [0.4, 0.5) is 17.6 Å². The molecule has 0 aromatic heterocycles. The lowest BCUT2D eigenvalue weighted by Crippen LogP contribution is -2.47. The van der Waals surface area contributed by atoms with E-state index in [2.05, 4.69) is 0 Å². The van der Waals surface area contributed by atoms with Crippen molar-refractivity contribution in [3.05, 3.63) is 33.6 Å². The van der Waals surface area contributed by atoms with Gasteiger partial charge in [0, 0.05) is 13.1 Å². The Balaban J connectivity index is 2.33. The van der Waals surface area contributed by atoms with Gasteiger partial charge < -0.3 is 10.0 Å². The number of amides is 1. The van der Waals surface area contributed by atoms with Crippen molar-refractivity contribution >= 4 is 35.1 Å². The molecule has 1 aliphatic rings. The maximum absolute atomic E-state index is 13.4. The molecule has 23 heavy (non-hydrogen) atoms. The molecule has 1 amide bonds. The van der Waals surface area contributed by atoms with Crippen molar-refractivity contribution in [1.82, 2.24) is 4.90 Å². The van der Waals surface area contributed by atoms with Gasteiger partial charge >= 0.3 is 12.1 Å². The first-order valence-electron chi connectivity index (χ1n) is 6.23. The monoisotopic (exact) mass is 373 g/mol. The third-order valence-corrected chi connectivity index (χ3v) is 4.35. The van der Waals surface area contributed by atoms with Crippen LogP contribution in [0.2, 0.25) is 10.0 Å². The summed E-state index contributed by atoms with van der Waals surface area (Å²) in [6.07, 6.45) is -5.81. The lowest BCUT2D eigenvalue weighted by molar-refractivity contribution is -0.227. The highest BCUT2D eigenvalue weighted by molar-refractivity contribution is 6.36. The molecule has 1 aliphatic heterocycles. The van der Waals surface area contributed by atoms with E-state index in [0.717, 1.165) is 6.07 Å². The van der Waals surface area contributed by atoms with Gasteiger partial charge in [0.25, 0.3) is 5.91 Å². The van der Waals surface area contributed by atoms with Crippen LogP contribution in [0.15, 0.2) is 12.1 Å². The maximum Gasteiger partial charge on any atom is 0.406 e. The van der Waals surface area contributed by atoms with Crippen LogP contribution in [0.3, 0.4) is 0 Å². The minimum absolute atomic E-state index is 0.235. The molecule has 1 unspecified atom stereocenters. The number of carboxylic acids is 1. The van der Waals surface area contributed by atoms with E-state index in [9.17, 15) is 27.2 Å². The third-order valence-electron chi connectivity index (χ3n) is 3.75. The Morgan fingerprint density at radius 1 is 1.22 bits per heavy atom. The highest BCUT2D eigenvalue weighted by Gasteiger charge is 2.64. The number of halogens is 6. The number of benzene rings is 1. The van der Waals surface area contributed by atoms with Crippen LogP contribution in [-0.2, 0) is 4.79 Å². The molecule has 4 nitrogen and oxygen atoms in total. The zero-order valence-corrected chi connectivity index (χ0v) is 12.8. The summed E-state index contributed by atoms with van der Waals surface area (Å²) in [5.41, 5.74) is -3.42. The predicted molar refractivity (Wildman–Crippen MR) is 73.1 cm³/mol. The van der Waals surface area contributed by atoms with Crippen molar-refractivity contribution in [2.45, 2.75) is 12.6 Å². The molecular formula is C13H9Cl2F4NO3. The average Bonchev–Trinajstić information content (AvgIpc) is 2.88. The molecule has 0 bridgehead atoms. The first kappa shape index (κ1) is 17.8. The van der Waals surface area contributed by atoms with Gasteiger partial charge in [-0.05, 0) is 18.6 Å². The summed E-state index contributed by atoms with van der Waals surface area (Å²) in [5, 5.41) is 8.36. The number of carbonyl (C=O) groups excluding carboxylic acids is 1. The van der Waals surface area contributed by atoms with Gasteiger partial charge in [-0.15, -0.1) is 0 Å². The van der Waals surface area contributed by atoms with Crippen molar-refractivity contribution < 1.29 is 32.3 Å². The highest BCUT2D eigenvalue weighted by Crippen LogP contribution is 2.46. The number of alkyl halides is 3. The van der Waals surface area contributed by atoms with Gasteiger partial charge in [0.05, 0.1) is 15.6 Å². The largest absolute Gasteiger partial charge is 0.481 e. The average molecular weight is 374 g/mol. The van der Waals surface area contributed by atoms with Crippen molar-refractivity contribution in [1.29, 1.82) is 0 Å². The van der Waals surface area contributed by atoms with E-state index in [1.807, 2.05) is 0 Å². The summed E-state index contributed by atoms with van der Waals surface area (Å²) in [5.74, 6) is -4.01. The Morgan fingerprint density at radius 3 is 2.30 bits per heavy atom. The van der Waals surface area contributed by atoms with Gasteiger partial charge in [-0.2, -0.15) is 13.2 Å². The van der Waals surface area contributed by atoms with E-state index < -0.39 is 48.8 Å². The number of hydrogen-bond donors (Lipinski definition) is 1. The quantitative estimate of drug-likeness (QED) is 0.636. The SMILES string of the molecule is O=C(c1cc(F)c(Cl)cc1Cl)N1CCC(C(=O)O)(C(F)(F)F)C1. The Hall–Kier alpha value is -1.54. The molecule has 1 aromatic rings. The molecule has 0 spiro atoms. The summed E-state index contributed by atoms with van der Waals surface area (Å²) in [6, 6.07) is 1.66. The van der Waals surface area contributed by atoms with E-state index in [4.69, 9.17) is 28.3 Å². The van der Waals surface area contributed by atoms with Gasteiger partial charge in [0.1, 0.15) is 5.82 Å². The number of hydrogen-bond acceptors (Lipinski definition) is 2. The van der Waals surface area contributed by atoms with Gasteiger partial charge in [0.2, 0.25) is 0 Å². The van der Waals surface area contributed by atoms with E-state index in [1.54, 1.807) is 0 Å². The number of rotatable bonds is 2. The standard InChI is InChI=1S/C13H9Cl2F4NO3/c14-7-4-8(15)9(16)3-6(7)10(21)20-2-1-12(5-20,11(22)23)13(17,18)19/h3-4H,1-2,5H2,(H,22,23). The number of carbonyl (C=O) groups is 2. The molecule has 1 fully saturated rings. The maximum atomic E-state index is 13.4. The Morgan fingerprint density at radius 2 is 1.83 bits per heavy atom. The second-order valence-corrected chi connectivity index (χ2v) is 5.92. The number of nitrogens with zero attached hydrogens (tertiary/aromatic N) is 1. The van der Waals surface area contributed by atoms with Crippen LogP contribution in [-0.4, -0.2) is 41.1 Å². The summed E-state index contributed by atoms with van der Waals surface area (Å²) in [4.78, 5) is 24.0. The molecule has 1 aromatic carbocycles.